The van der Waals surface area contributed by atoms with Crippen LogP contribution in [0.2, 0.25) is 0 Å². The van der Waals surface area contributed by atoms with Crippen molar-refractivity contribution in [2.75, 3.05) is 0 Å². The zero-order valence-electron chi connectivity index (χ0n) is 11.7. The summed E-state index contributed by atoms with van der Waals surface area (Å²) in [5, 5.41) is 2.97. The molecule has 2 atom stereocenters. The zero-order valence-corrected chi connectivity index (χ0v) is 11.7. The van der Waals surface area contributed by atoms with Crippen molar-refractivity contribution >= 4 is 5.91 Å². The van der Waals surface area contributed by atoms with Crippen LogP contribution in [0.5, 0.6) is 0 Å². The highest BCUT2D eigenvalue weighted by atomic mass is 16.2. The average Bonchev–Trinajstić information content (AvgIpc) is 2.30. The number of hydrogen-bond donors (Lipinski definition) is 2. The number of nitrogens with one attached hydrogen (secondary N) is 1. The molecule has 0 fully saturated rings. The summed E-state index contributed by atoms with van der Waals surface area (Å²) in [6, 6.07) is 7.91. The van der Waals surface area contributed by atoms with Gasteiger partial charge in [-0.2, -0.15) is 0 Å². The summed E-state index contributed by atoms with van der Waals surface area (Å²) >= 11 is 0. The number of amides is 1. The smallest absolute Gasteiger partial charge is 0.237 e. The Labute approximate surface area is 110 Å². The van der Waals surface area contributed by atoms with Crippen molar-refractivity contribution in [2.45, 2.75) is 46.2 Å². The number of aryl methyl sites for hydroxylation is 1. The van der Waals surface area contributed by atoms with Crippen LogP contribution >= 0.6 is 0 Å². The topological polar surface area (TPSA) is 55.1 Å². The van der Waals surface area contributed by atoms with Gasteiger partial charge in [-0.05, 0) is 37.3 Å². The van der Waals surface area contributed by atoms with E-state index in [1.54, 1.807) is 0 Å². The van der Waals surface area contributed by atoms with Crippen LogP contribution in [-0.4, -0.2) is 18.0 Å². The first kappa shape index (κ1) is 14.7. The molecule has 100 valence electrons. The Balaban J connectivity index is 2.55. The van der Waals surface area contributed by atoms with Crippen LogP contribution < -0.4 is 11.1 Å². The van der Waals surface area contributed by atoms with Gasteiger partial charge >= 0.3 is 0 Å². The third-order valence-corrected chi connectivity index (χ3v) is 3.20. The minimum Gasteiger partial charge on any atom is -0.352 e. The lowest BCUT2D eigenvalue weighted by Gasteiger charge is -2.20. The zero-order chi connectivity index (χ0) is 13.7. The van der Waals surface area contributed by atoms with Gasteiger partial charge in [0.25, 0.3) is 0 Å². The van der Waals surface area contributed by atoms with E-state index in [9.17, 15) is 4.79 Å². The third-order valence-electron chi connectivity index (χ3n) is 3.20. The summed E-state index contributed by atoms with van der Waals surface area (Å²) in [5.41, 5.74) is 8.34. The molecule has 0 aliphatic rings. The van der Waals surface area contributed by atoms with Crippen molar-refractivity contribution < 1.29 is 4.79 Å². The van der Waals surface area contributed by atoms with Crippen LogP contribution in [0.3, 0.4) is 0 Å². The van der Waals surface area contributed by atoms with Gasteiger partial charge in [0.2, 0.25) is 5.91 Å². The molecule has 0 aliphatic carbocycles. The average molecular weight is 248 g/mol. The Kier molecular flexibility index (Phi) is 5.35. The first-order chi connectivity index (χ1) is 8.41. The minimum absolute atomic E-state index is 0.0638. The lowest BCUT2D eigenvalue weighted by Crippen LogP contribution is -2.47. The van der Waals surface area contributed by atoms with E-state index in [-0.39, 0.29) is 17.9 Å². The summed E-state index contributed by atoms with van der Waals surface area (Å²) < 4.78 is 0. The predicted octanol–water partition coefficient (Wildman–Crippen LogP) is 2.03. The maximum atomic E-state index is 11.8. The van der Waals surface area contributed by atoms with Gasteiger partial charge in [0.1, 0.15) is 0 Å². The summed E-state index contributed by atoms with van der Waals surface area (Å²) in [6.07, 6.45) is 0.837. The van der Waals surface area contributed by atoms with Crippen LogP contribution in [-0.2, 0) is 11.2 Å². The lowest BCUT2D eigenvalue weighted by molar-refractivity contribution is -0.123. The quantitative estimate of drug-likeness (QED) is 0.837. The van der Waals surface area contributed by atoms with Crippen molar-refractivity contribution in [2.24, 2.45) is 11.7 Å². The molecule has 1 aromatic rings. The maximum absolute atomic E-state index is 11.8. The van der Waals surface area contributed by atoms with E-state index < -0.39 is 6.04 Å². The van der Waals surface area contributed by atoms with Gasteiger partial charge in [-0.15, -0.1) is 0 Å². The Hall–Kier alpha value is -1.35. The second-order valence-electron chi connectivity index (χ2n) is 5.31. The predicted molar refractivity (Wildman–Crippen MR) is 75.3 cm³/mol. The number of hydrogen-bond acceptors (Lipinski definition) is 2. The first-order valence-corrected chi connectivity index (χ1v) is 6.52. The Bertz CT molecular complexity index is 401. The number of carbonyl (C=O) groups is 1. The molecular weight excluding hydrogens is 224 g/mol. The van der Waals surface area contributed by atoms with E-state index in [0.717, 1.165) is 6.42 Å². The van der Waals surface area contributed by atoms with Crippen LogP contribution in [0.4, 0.5) is 0 Å². The van der Waals surface area contributed by atoms with Crippen LogP contribution in [0.1, 0.15) is 31.9 Å². The van der Waals surface area contributed by atoms with Crippen LogP contribution in [0.15, 0.2) is 24.3 Å². The third kappa shape index (κ3) is 4.15. The van der Waals surface area contributed by atoms with Crippen molar-refractivity contribution in [3.05, 3.63) is 35.4 Å². The fourth-order valence-corrected chi connectivity index (χ4v) is 1.86. The molecular formula is C15H24N2O. The number of rotatable bonds is 5. The molecule has 18 heavy (non-hydrogen) atoms. The Morgan fingerprint density at radius 2 is 1.89 bits per heavy atom. The highest BCUT2D eigenvalue weighted by Gasteiger charge is 2.18. The number of benzene rings is 1. The van der Waals surface area contributed by atoms with Crippen LogP contribution in [0.25, 0.3) is 0 Å². The van der Waals surface area contributed by atoms with Crippen molar-refractivity contribution in [1.29, 1.82) is 0 Å². The summed E-state index contributed by atoms with van der Waals surface area (Å²) in [5.74, 6) is 0.0988. The molecule has 0 radical (unpaired) electrons. The van der Waals surface area contributed by atoms with Gasteiger partial charge in [0.05, 0.1) is 6.04 Å². The molecule has 3 N–H and O–H groups in total. The Morgan fingerprint density at radius 1 is 1.28 bits per heavy atom. The van der Waals surface area contributed by atoms with Gasteiger partial charge in [-0.1, -0.05) is 38.1 Å². The van der Waals surface area contributed by atoms with Crippen molar-refractivity contribution in [3.63, 3.8) is 0 Å². The second-order valence-corrected chi connectivity index (χ2v) is 5.31. The summed E-state index contributed by atoms with van der Waals surface area (Å²) in [7, 11) is 0. The van der Waals surface area contributed by atoms with Gasteiger partial charge in [-0.25, -0.2) is 0 Å². The largest absolute Gasteiger partial charge is 0.352 e. The van der Waals surface area contributed by atoms with Gasteiger partial charge < -0.3 is 11.1 Å². The van der Waals surface area contributed by atoms with E-state index in [2.05, 4.69) is 24.4 Å². The molecule has 1 amide bonds. The fourth-order valence-electron chi connectivity index (χ4n) is 1.86. The Morgan fingerprint density at radius 3 is 2.44 bits per heavy atom. The fraction of sp³-hybridized carbons (Fsp3) is 0.533. The van der Waals surface area contributed by atoms with E-state index in [4.69, 9.17) is 5.73 Å². The molecule has 0 bridgehead atoms. The summed E-state index contributed by atoms with van der Waals surface area (Å²) in [4.78, 5) is 11.8. The highest BCUT2D eigenvalue weighted by Crippen LogP contribution is 2.10. The van der Waals surface area contributed by atoms with Gasteiger partial charge in [-0.3, -0.25) is 4.79 Å². The first-order valence-electron chi connectivity index (χ1n) is 6.52. The molecule has 0 saturated carbocycles. The molecule has 1 aromatic carbocycles. The van der Waals surface area contributed by atoms with E-state index in [1.807, 2.05) is 32.9 Å². The van der Waals surface area contributed by atoms with E-state index in [1.165, 1.54) is 11.1 Å². The molecule has 0 aromatic heterocycles. The molecule has 0 spiro atoms. The summed E-state index contributed by atoms with van der Waals surface area (Å²) in [6.45, 7) is 8.01. The van der Waals surface area contributed by atoms with Crippen molar-refractivity contribution in [1.82, 2.24) is 5.32 Å². The van der Waals surface area contributed by atoms with Gasteiger partial charge in [0.15, 0.2) is 0 Å². The lowest BCUT2D eigenvalue weighted by atomic mass is 10.0. The molecule has 0 heterocycles. The van der Waals surface area contributed by atoms with E-state index >= 15 is 0 Å². The monoisotopic (exact) mass is 248 g/mol. The van der Waals surface area contributed by atoms with Gasteiger partial charge in [0, 0.05) is 6.04 Å². The molecule has 0 aliphatic heterocycles. The molecule has 3 nitrogen and oxygen atoms in total. The molecule has 0 saturated heterocycles. The second kappa shape index (κ2) is 6.55. The SMILES string of the molecule is Cc1ccccc1CC(C)NC(=O)[C@H](N)C(C)C. The highest BCUT2D eigenvalue weighted by molar-refractivity contribution is 5.82. The standard InChI is InChI=1S/C15H24N2O/c1-10(2)14(16)15(18)17-12(4)9-13-8-6-5-7-11(13)3/h5-8,10,12,14H,9,16H2,1-4H3,(H,17,18)/t12?,14-/m1/s1. The minimum atomic E-state index is -0.427. The molecule has 1 rings (SSSR count). The normalized spacial score (nSPS) is 14.3. The molecule has 3 heteroatoms. The van der Waals surface area contributed by atoms with Crippen molar-refractivity contribution in [3.8, 4) is 0 Å². The molecule has 1 unspecified atom stereocenters. The number of nitrogens with two attached hydrogens (primary N) is 1. The van der Waals surface area contributed by atoms with Crippen LogP contribution in [0, 0.1) is 12.8 Å². The number of carbonyl (C=O) groups excluding carboxylic acids is 1. The van der Waals surface area contributed by atoms with E-state index in [0.29, 0.717) is 0 Å². The maximum Gasteiger partial charge on any atom is 0.237 e.